The highest BCUT2D eigenvalue weighted by molar-refractivity contribution is 6.03. The number of hydrogen-bond acceptors (Lipinski definition) is 3. The lowest BCUT2D eigenvalue weighted by atomic mass is 9.65. The van der Waals surface area contributed by atoms with E-state index in [1.165, 1.54) is 5.56 Å². The van der Waals surface area contributed by atoms with Gasteiger partial charge in [-0.25, -0.2) is 0 Å². The molecule has 3 heteroatoms. The molecule has 0 amide bonds. The molecule has 2 aromatic rings. The second-order valence-corrected chi connectivity index (χ2v) is 7.71. The van der Waals surface area contributed by atoms with Crippen molar-refractivity contribution in [1.82, 2.24) is 4.90 Å². The summed E-state index contributed by atoms with van der Waals surface area (Å²) in [6.45, 7) is 2.93. The van der Waals surface area contributed by atoms with Crippen molar-refractivity contribution in [3.8, 4) is 5.75 Å². The Hall–Kier alpha value is -2.39. The SMILES string of the molecule is COc1cccc2c1CCC1(CCN(C/C=C/c3ccccc3)CC1)C2=O. The van der Waals surface area contributed by atoms with E-state index >= 15 is 0 Å². The molecule has 1 saturated heterocycles. The van der Waals surface area contributed by atoms with E-state index in [-0.39, 0.29) is 5.41 Å². The number of benzene rings is 2. The number of Topliss-reactive ketones (excluding diaryl/α,β-unsaturated/α-hetero) is 1. The van der Waals surface area contributed by atoms with Crippen molar-refractivity contribution in [3.05, 3.63) is 71.3 Å². The minimum atomic E-state index is -0.168. The lowest BCUT2D eigenvalue weighted by molar-refractivity contribution is 0.0559. The summed E-state index contributed by atoms with van der Waals surface area (Å²) in [5.41, 5.74) is 3.06. The molecule has 4 rings (SSSR count). The number of fused-ring (bicyclic) bond motifs is 1. The van der Waals surface area contributed by atoms with Gasteiger partial charge in [-0.3, -0.25) is 9.69 Å². The molecule has 0 saturated carbocycles. The van der Waals surface area contributed by atoms with Gasteiger partial charge in [0, 0.05) is 23.1 Å². The van der Waals surface area contributed by atoms with Gasteiger partial charge in [0.15, 0.2) is 5.78 Å². The van der Waals surface area contributed by atoms with Gasteiger partial charge in [0.25, 0.3) is 0 Å². The van der Waals surface area contributed by atoms with Crippen molar-refractivity contribution in [2.45, 2.75) is 25.7 Å². The second-order valence-electron chi connectivity index (χ2n) is 7.71. The fraction of sp³-hybridized carbons (Fsp3) is 0.375. The monoisotopic (exact) mass is 361 g/mol. The minimum absolute atomic E-state index is 0.168. The Kier molecular flexibility index (Phi) is 5.13. The molecule has 0 aromatic heterocycles. The molecule has 1 aliphatic carbocycles. The molecule has 2 aliphatic rings. The Morgan fingerprint density at radius 1 is 1.04 bits per heavy atom. The number of rotatable bonds is 4. The normalized spacial score (nSPS) is 19.4. The zero-order valence-corrected chi connectivity index (χ0v) is 16.0. The topological polar surface area (TPSA) is 29.5 Å². The molecule has 3 nitrogen and oxygen atoms in total. The van der Waals surface area contributed by atoms with Crippen molar-refractivity contribution in [2.24, 2.45) is 5.41 Å². The fourth-order valence-electron chi connectivity index (χ4n) is 4.53. The second kappa shape index (κ2) is 7.69. The summed E-state index contributed by atoms with van der Waals surface area (Å²) in [5, 5.41) is 0. The Morgan fingerprint density at radius 3 is 2.56 bits per heavy atom. The number of hydrogen-bond donors (Lipinski definition) is 0. The van der Waals surface area contributed by atoms with E-state index in [1.807, 2.05) is 24.3 Å². The first-order valence-corrected chi connectivity index (χ1v) is 9.86. The fourth-order valence-corrected chi connectivity index (χ4v) is 4.53. The van der Waals surface area contributed by atoms with E-state index < -0.39 is 0 Å². The van der Waals surface area contributed by atoms with Crippen molar-refractivity contribution < 1.29 is 9.53 Å². The summed E-state index contributed by atoms with van der Waals surface area (Å²) in [4.78, 5) is 15.7. The van der Waals surface area contributed by atoms with Crippen LogP contribution in [-0.4, -0.2) is 37.4 Å². The highest BCUT2D eigenvalue weighted by Crippen LogP contribution is 2.45. The molecule has 0 radical (unpaired) electrons. The average Bonchev–Trinajstić information content (AvgIpc) is 2.73. The van der Waals surface area contributed by atoms with E-state index in [4.69, 9.17) is 4.74 Å². The average molecular weight is 361 g/mol. The number of ether oxygens (including phenoxy) is 1. The molecule has 1 fully saturated rings. The number of piperidine rings is 1. The Balaban J connectivity index is 1.40. The summed E-state index contributed by atoms with van der Waals surface area (Å²) in [7, 11) is 1.69. The lowest BCUT2D eigenvalue weighted by Gasteiger charge is -2.43. The maximum Gasteiger partial charge on any atom is 0.169 e. The van der Waals surface area contributed by atoms with E-state index in [0.717, 1.165) is 62.2 Å². The number of likely N-dealkylation sites (tertiary alicyclic amines) is 1. The van der Waals surface area contributed by atoms with Gasteiger partial charge in [0.2, 0.25) is 0 Å². The summed E-state index contributed by atoms with van der Waals surface area (Å²) in [6, 6.07) is 16.3. The zero-order valence-electron chi connectivity index (χ0n) is 16.0. The minimum Gasteiger partial charge on any atom is -0.496 e. The van der Waals surface area contributed by atoms with Crippen LogP contribution >= 0.6 is 0 Å². The van der Waals surface area contributed by atoms with Crippen LogP contribution in [0.15, 0.2) is 54.6 Å². The maximum absolute atomic E-state index is 13.3. The van der Waals surface area contributed by atoms with Gasteiger partial charge in [0.1, 0.15) is 5.75 Å². The summed E-state index contributed by atoms with van der Waals surface area (Å²) >= 11 is 0. The largest absolute Gasteiger partial charge is 0.496 e. The third kappa shape index (κ3) is 3.57. The third-order valence-corrected chi connectivity index (χ3v) is 6.22. The van der Waals surface area contributed by atoms with E-state index in [2.05, 4.69) is 41.3 Å². The first-order valence-electron chi connectivity index (χ1n) is 9.86. The number of methoxy groups -OCH3 is 1. The van der Waals surface area contributed by atoms with Crippen LogP contribution in [0.3, 0.4) is 0 Å². The molecule has 2 aromatic carbocycles. The molecule has 1 spiro atoms. The quantitative estimate of drug-likeness (QED) is 0.796. The molecular formula is C24H27NO2. The number of nitrogens with zero attached hydrogens (tertiary/aromatic N) is 1. The predicted molar refractivity (Wildman–Crippen MR) is 109 cm³/mol. The van der Waals surface area contributed by atoms with Gasteiger partial charge >= 0.3 is 0 Å². The molecule has 27 heavy (non-hydrogen) atoms. The molecule has 1 aliphatic heterocycles. The highest BCUT2D eigenvalue weighted by atomic mass is 16.5. The van der Waals surface area contributed by atoms with Gasteiger partial charge in [-0.05, 0) is 50.4 Å². The van der Waals surface area contributed by atoms with Crippen molar-refractivity contribution in [1.29, 1.82) is 0 Å². The number of carbonyl (C=O) groups is 1. The van der Waals surface area contributed by atoms with Gasteiger partial charge in [-0.15, -0.1) is 0 Å². The Morgan fingerprint density at radius 2 is 1.81 bits per heavy atom. The predicted octanol–water partition coefficient (Wildman–Crippen LogP) is 4.62. The van der Waals surface area contributed by atoms with E-state index in [0.29, 0.717) is 5.78 Å². The number of carbonyl (C=O) groups excluding carboxylic acids is 1. The van der Waals surface area contributed by atoms with Crippen LogP contribution in [0.2, 0.25) is 0 Å². The third-order valence-electron chi connectivity index (χ3n) is 6.22. The van der Waals surface area contributed by atoms with Crippen LogP contribution in [0.1, 0.15) is 40.7 Å². The van der Waals surface area contributed by atoms with Crippen LogP contribution in [0, 0.1) is 5.41 Å². The van der Waals surface area contributed by atoms with Crippen molar-refractivity contribution in [3.63, 3.8) is 0 Å². The van der Waals surface area contributed by atoms with Gasteiger partial charge in [0.05, 0.1) is 7.11 Å². The van der Waals surface area contributed by atoms with Crippen LogP contribution in [-0.2, 0) is 6.42 Å². The molecule has 140 valence electrons. The van der Waals surface area contributed by atoms with Gasteiger partial charge in [-0.1, -0.05) is 54.6 Å². The first kappa shape index (κ1) is 18.0. The molecule has 1 heterocycles. The Bertz CT molecular complexity index is 833. The Labute approximate surface area is 161 Å². The van der Waals surface area contributed by atoms with E-state index in [1.54, 1.807) is 7.11 Å². The summed E-state index contributed by atoms with van der Waals surface area (Å²) in [6.07, 6.45) is 8.23. The summed E-state index contributed by atoms with van der Waals surface area (Å²) in [5.74, 6) is 1.20. The van der Waals surface area contributed by atoms with Crippen LogP contribution in [0.5, 0.6) is 5.75 Å². The van der Waals surface area contributed by atoms with E-state index in [9.17, 15) is 4.79 Å². The van der Waals surface area contributed by atoms with Crippen molar-refractivity contribution >= 4 is 11.9 Å². The van der Waals surface area contributed by atoms with Crippen LogP contribution in [0.4, 0.5) is 0 Å². The highest BCUT2D eigenvalue weighted by Gasteiger charge is 2.44. The van der Waals surface area contributed by atoms with Crippen LogP contribution < -0.4 is 4.74 Å². The zero-order chi connectivity index (χ0) is 18.7. The molecule has 0 bridgehead atoms. The van der Waals surface area contributed by atoms with Gasteiger partial charge < -0.3 is 4.74 Å². The molecule has 0 unspecified atom stereocenters. The van der Waals surface area contributed by atoms with Crippen molar-refractivity contribution in [2.75, 3.05) is 26.7 Å². The maximum atomic E-state index is 13.3. The first-order chi connectivity index (χ1) is 13.2. The smallest absolute Gasteiger partial charge is 0.169 e. The molecule has 0 N–H and O–H groups in total. The molecular weight excluding hydrogens is 334 g/mol. The van der Waals surface area contributed by atoms with Gasteiger partial charge in [-0.2, -0.15) is 0 Å². The van der Waals surface area contributed by atoms with Crippen LogP contribution in [0.25, 0.3) is 6.08 Å². The number of ketones is 1. The standard InChI is InChI=1S/C24H27NO2/c1-27-22-11-5-10-21-20(22)12-13-24(23(21)26)14-17-25(18-15-24)16-6-9-19-7-3-2-4-8-19/h2-11H,12-18H2,1H3/b9-6+. The molecule has 0 atom stereocenters. The summed E-state index contributed by atoms with van der Waals surface area (Å²) < 4.78 is 5.47. The lowest BCUT2D eigenvalue weighted by Crippen LogP contribution is -2.46.